The highest BCUT2D eigenvalue weighted by molar-refractivity contribution is 7.80. The lowest BCUT2D eigenvalue weighted by Gasteiger charge is -2.29. The van der Waals surface area contributed by atoms with E-state index in [1.165, 1.54) is 0 Å². The zero-order chi connectivity index (χ0) is 12.6. The second kappa shape index (κ2) is 4.33. The molecule has 0 saturated heterocycles. The molecule has 1 aliphatic heterocycles. The van der Waals surface area contributed by atoms with E-state index < -0.39 is 5.97 Å². The van der Waals surface area contributed by atoms with Crippen LogP contribution in [0, 0.1) is 0 Å². The van der Waals surface area contributed by atoms with Crippen LogP contribution in [-0.4, -0.2) is 44.5 Å². The van der Waals surface area contributed by atoms with Crippen molar-refractivity contribution in [2.75, 3.05) is 13.6 Å². The van der Waals surface area contributed by atoms with Crippen LogP contribution in [0.4, 0.5) is 0 Å². The molecule has 0 bridgehead atoms. The van der Waals surface area contributed by atoms with Crippen molar-refractivity contribution in [1.82, 2.24) is 20.0 Å². The van der Waals surface area contributed by atoms with Crippen LogP contribution >= 0.6 is 12.2 Å². The van der Waals surface area contributed by atoms with Crippen molar-refractivity contribution in [2.45, 2.75) is 13.0 Å². The number of aromatic carboxylic acids is 1. The minimum atomic E-state index is -0.987. The highest BCUT2D eigenvalue weighted by Gasteiger charge is 2.27. The van der Waals surface area contributed by atoms with Crippen LogP contribution in [0.2, 0.25) is 0 Å². The Morgan fingerprint density at radius 3 is 2.88 bits per heavy atom. The number of fused-ring (bicyclic) bond motifs is 1. The maximum atomic E-state index is 11.1. The first-order valence-corrected chi connectivity index (χ1v) is 5.70. The van der Waals surface area contributed by atoms with E-state index in [0.29, 0.717) is 11.7 Å². The zero-order valence-electron chi connectivity index (χ0n) is 9.73. The summed E-state index contributed by atoms with van der Waals surface area (Å²) < 4.78 is 1.65. The van der Waals surface area contributed by atoms with E-state index in [1.807, 2.05) is 4.90 Å². The van der Waals surface area contributed by atoms with Crippen molar-refractivity contribution in [3.63, 3.8) is 0 Å². The van der Waals surface area contributed by atoms with Crippen molar-refractivity contribution >= 4 is 23.3 Å². The van der Waals surface area contributed by atoms with Gasteiger partial charge in [0.05, 0.1) is 0 Å². The molecular formula is C10H14N4O2S. The van der Waals surface area contributed by atoms with Gasteiger partial charge in [0, 0.05) is 44.9 Å². The molecule has 6 nitrogen and oxygen atoms in total. The Hall–Kier alpha value is -1.63. The Balaban J connectivity index is 2.36. The SMILES string of the molecule is CNC(=S)N1CCc2c(c(C(=O)O)nn2C)C1. The fourth-order valence-corrected chi connectivity index (χ4v) is 2.25. The number of carboxylic acid groups (broad SMARTS) is 1. The van der Waals surface area contributed by atoms with Crippen LogP contribution in [0.15, 0.2) is 0 Å². The number of thiocarbonyl (C=S) groups is 1. The Bertz CT molecular complexity index is 483. The molecule has 0 radical (unpaired) electrons. The molecule has 1 aromatic heterocycles. The number of carbonyl (C=O) groups is 1. The Morgan fingerprint density at radius 2 is 2.29 bits per heavy atom. The van der Waals surface area contributed by atoms with Crippen molar-refractivity contribution in [1.29, 1.82) is 0 Å². The molecule has 2 heterocycles. The smallest absolute Gasteiger partial charge is 0.356 e. The molecule has 2 rings (SSSR count). The summed E-state index contributed by atoms with van der Waals surface area (Å²) >= 11 is 5.16. The molecule has 0 spiro atoms. The molecule has 1 aromatic rings. The van der Waals surface area contributed by atoms with Crippen LogP contribution in [0.25, 0.3) is 0 Å². The fourth-order valence-electron chi connectivity index (χ4n) is 2.10. The van der Waals surface area contributed by atoms with Gasteiger partial charge in [-0.1, -0.05) is 0 Å². The number of nitrogens with one attached hydrogen (secondary N) is 1. The topological polar surface area (TPSA) is 70.4 Å². The highest BCUT2D eigenvalue weighted by Crippen LogP contribution is 2.22. The van der Waals surface area contributed by atoms with E-state index in [9.17, 15) is 4.79 Å². The molecule has 7 heteroatoms. The van der Waals surface area contributed by atoms with Gasteiger partial charge in [-0.3, -0.25) is 4.68 Å². The molecule has 2 N–H and O–H groups in total. The van der Waals surface area contributed by atoms with Gasteiger partial charge in [-0.25, -0.2) is 4.79 Å². The molecule has 0 aromatic carbocycles. The van der Waals surface area contributed by atoms with Gasteiger partial charge in [0.1, 0.15) is 0 Å². The predicted molar refractivity (Wildman–Crippen MR) is 65.9 cm³/mol. The van der Waals surface area contributed by atoms with E-state index >= 15 is 0 Å². The summed E-state index contributed by atoms with van der Waals surface area (Å²) in [4.78, 5) is 13.0. The van der Waals surface area contributed by atoms with Gasteiger partial charge >= 0.3 is 5.97 Å². The number of nitrogens with zero attached hydrogens (tertiary/aromatic N) is 3. The van der Waals surface area contributed by atoms with Crippen LogP contribution < -0.4 is 5.32 Å². The number of aryl methyl sites for hydroxylation is 1. The fraction of sp³-hybridized carbons (Fsp3) is 0.500. The van der Waals surface area contributed by atoms with E-state index in [4.69, 9.17) is 17.3 Å². The number of aromatic nitrogens is 2. The third-order valence-electron chi connectivity index (χ3n) is 2.95. The average Bonchev–Trinajstić information content (AvgIpc) is 2.65. The summed E-state index contributed by atoms with van der Waals surface area (Å²) in [6, 6.07) is 0. The van der Waals surface area contributed by atoms with Crippen molar-refractivity contribution in [2.24, 2.45) is 7.05 Å². The largest absolute Gasteiger partial charge is 0.476 e. The van der Waals surface area contributed by atoms with Crippen LogP contribution in [0.5, 0.6) is 0 Å². The molecule has 0 aliphatic carbocycles. The maximum absolute atomic E-state index is 11.1. The lowest BCUT2D eigenvalue weighted by atomic mass is 10.1. The van der Waals surface area contributed by atoms with E-state index in [2.05, 4.69) is 10.4 Å². The summed E-state index contributed by atoms with van der Waals surface area (Å²) in [6.07, 6.45) is 0.758. The van der Waals surface area contributed by atoms with E-state index in [0.717, 1.165) is 24.2 Å². The minimum Gasteiger partial charge on any atom is -0.476 e. The van der Waals surface area contributed by atoms with Crippen molar-refractivity contribution in [3.05, 3.63) is 17.0 Å². The van der Waals surface area contributed by atoms with Gasteiger partial charge in [0.2, 0.25) is 0 Å². The highest BCUT2D eigenvalue weighted by atomic mass is 32.1. The third kappa shape index (κ3) is 1.97. The normalized spacial score (nSPS) is 14.4. The van der Waals surface area contributed by atoms with Gasteiger partial charge in [-0.05, 0) is 12.2 Å². The zero-order valence-corrected chi connectivity index (χ0v) is 10.5. The van der Waals surface area contributed by atoms with Crippen LogP contribution in [0.3, 0.4) is 0 Å². The Labute approximate surface area is 104 Å². The van der Waals surface area contributed by atoms with Gasteiger partial charge in [-0.15, -0.1) is 0 Å². The number of rotatable bonds is 1. The predicted octanol–water partition coefficient (Wildman–Crippen LogP) is -0.0193. The van der Waals surface area contributed by atoms with Gasteiger partial charge in [0.15, 0.2) is 10.8 Å². The minimum absolute atomic E-state index is 0.131. The Morgan fingerprint density at radius 1 is 1.59 bits per heavy atom. The number of hydrogen-bond donors (Lipinski definition) is 2. The van der Waals surface area contributed by atoms with Crippen LogP contribution in [-0.2, 0) is 20.0 Å². The second-order valence-electron chi connectivity index (χ2n) is 3.93. The van der Waals surface area contributed by atoms with E-state index in [1.54, 1.807) is 18.8 Å². The molecule has 0 amide bonds. The van der Waals surface area contributed by atoms with Gasteiger partial charge in [0.25, 0.3) is 0 Å². The molecule has 92 valence electrons. The second-order valence-corrected chi connectivity index (χ2v) is 4.32. The molecule has 0 fully saturated rings. The Kier molecular flexibility index (Phi) is 3.01. The first kappa shape index (κ1) is 11.8. The summed E-state index contributed by atoms with van der Waals surface area (Å²) in [5, 5.41) is 16.7. The standard InChI is InChI=1S/C10H14N4O2S/c1-11-10(17)14-4-3-7-6(5-14)8(9(15)16)12-13(7)2/h3-5H2,1-2H3,(H,11,17)(H,15,16). The lowest BCUT2D eigenvalue weighted by molar-refractivity contribution is 0.0687. The molecule has 17 heavy (non-hydrogen) atoms. The lowest BCUT2D eigenvalue weighted by Crippen LogP contribution is -2.41. The van der Waals surface area contributed by atoms with Crippen LogP contribution in [0.1, 0.15) is 21.7 Å². The van der Waals surface area contributed by atoms with Crippen molar-refractivity contribution < 1.29 is 9.90 Å². The molecule has 0 saturated carbocycles. The van der Waals surface area contributed by atoms with Crippen molar-refractivity contribution in [3.8, 4) is 0 Å². The van der Waals surface area contributed by atoms with Gasteiger partial charge in [-0.2, -0.15) is 5.10 Å². The number of hydrogen-bond acceptors (Lipinski definition) is 3. The maximum Gasteiger partial charge on any atom is 0.356 e. The van der Waals surface area contributed by atoms with E-state index in [-0.39, 0.29) is 5.69 Å². The molecule has 1 aliphatic rings. The summed E-state index contributed by atoms with van der Waals surface area (Å²) in [7, 11) is 3.54. The summed E-state index contributed by atoms with van der Waals surface area (Å²) in [5.41, 5.74) is 1.88. The molecular weight excluding hydrogens is 240 g/mol. The summed E-state index contributed by atoms with van der Waals surface area (Å²) in [6.45, 7) is 1.29. The van der Waals surface area contributed by atoms with Gasteiger partial charge < -0.3 is 15.3 Å². The first-order valence-electron chi connectivity index (χ1n) is 5.29. The first-order chi connectivity index (χ1) is 8.04. The number of carboxylic acids is 1. The molecule has 0 unspecified atom stereocenters. The summed E-state index contributed by atoms with van der Waals surface area (Å²) in [5.74, 6) is -0.987. The molecule has 0 atom stereocenters. The average molecular weight is 254 g/mol. The third-order valence-corrected chi connectivity index (χ3v) is 3.41. The quantitative estimate of drug-likeness (QED) is 0.686. The monoisotopic (exact) mass is 254 g/mol.